The Morgan fingerprint density at radius 2 is 1.64 bits per heavy atom. The summed E-state index contributed by atoms with van der Waals surface area (Å²) < 4.78 is 20.1. The molecule has 1 N–H and O–H groups in total. The van der Waals surface area contributed by atoms with Crippen molar-refractivity contribution in [1.82, 2.24) is 0 Å². The topological polar surface area (TPSA) is 68.2 Å². The summed E-state index contributed by atoms with van der Waals surface area (Å²) in [7, 11) is 0. The van der Waals surface area contributed by atoms with Gasteiger partial charge in [-0.2, -0.15) is 0 Å². The Morgan fingerprint density at radius 1 is 0.932 bits per heavy atom. The number of nitrogens with zero attached hydrogens (tertiary/aromatic N) is 1. The minimum Gasteiger partial charge on any atom is -0.490 e. The van der Waals surface area contributed by atoms with Gasteiger partial charge in [0.1, 0.15) is 24.2 Å². The maximum atomic E-state index is 12.0. The molecule has 2 aliphatic heterocycles. The van der Waals surface area contributed by atoms with Gasteiger partial charge in [-0.05, 0) is 89.5 Å². The predicted octanol–water partition coefficient (Wildman–Crippen LogP) is 8.31. The van der Waals surface area contributed by atoms with E-state index in [2.05, 4.69) is 79.9 Å². The largest absolute Gasteiger partial charge is 0.490 e. The van der Waals surface area contributed by atoms with Gasteiger partial charge in [-0.1, -0.05) is 60.0 Å². The van der Waals surface area contributed by atoms with E-state index in [4.69, 9.17) is 14.2 Å². The molecule has 0 saturated carbocycles. The van der Waals surface area contributed by atoms with E-state index in [-0.39, 0.29) is 12.5 Å². The van der Waals surface area contributed by atoms with Gasteiger partial charge in [-0.3, -0.25) is 4.79 Å². The SMILES string of the molecule is CSN1Cc2cc(OCc3ccc(OC4CCOCC4)cc3)ccc2-c2c(C)c(-c3ccc(C)cc3)c(CC(=O)O)c(C)c21. The highest BCUT2D eigenvalue weighted by atomic mass is 32.2. The van der Waals surface area contributed by atoms with Crippen LogP contribution in [-0.2, 0) is 29.1 Å². The lowest BCUT2D eigenvalue weighted by atomic mass is 9.81. The summed E-state index contributed by atoms with van der Waals surface area (Å²) in [6, 6.07) is 22.9. The fourth-order valence-corrected chi connectivity index (χ4v) is 7.09. The quantitative estimate of drug-likeness (QED) is 0.191. The number of rotatable bonds is 9. The van der Waals surface area contributed by atoms with E-state index in [1.54, 1.807) is 11.9 Å². The van der Waals surface area contributed by atoms with E-state index in [1.165, 1.54) is 16.7 Å². The van der Waals surface area contributed by atoms with Crippen LogP contribution in [0.2, 0.25) is 0 Å². The van der Waals surface area contributed by atoms with E-state index < -0.39 is 5.97 Å². The van der Waals surface area contributed by atoms with Gasteiger partial charge in [-0.25, -0.2) is 0 Å². The summed E-state index contributed by atoms with van der Waals surface area (Å²) >= 11 is 1.66. The number of carboxylic acid groups (broad SMARTS) is 1. The molecule has 228 valence electrons. The van der Waals surface area contributed by atoms with Crippen LogP contribution in [0.5, 0.6) is 11.5 Å². The fourth-order valence-electron chi connectivity index (χ4n) is 6.41. The number of fused-ring (bicyclic) bond motifs is 3. The zero-order chi connectivity index (χ0) is 30.8. The molecule has 6 rings (SSSR count). The lowest BCUT2D eigenvalue weighted by molar-refractivity contribution is -0.136. The minimum absolute atomic E-state index is 0.0202. The zero-order valence-electron chi connectivity index (χ0n) is 25.8. The summed E-state index contributed by atoms with van der Waals surface area (Å²) in [5, 5.41) is 9.88. The molecule has 4 aromatic carbocycles. The molecule has 0 bridgehead atoms. The average Bonchev–Trinajstić information content (AvgIpc) is 3.03. The van der Waals surface area contributed by atoms with Crippen molar-refractivity contribution in [3.8, 4) is 33.8 Å². The summed E-state index contributed by atoms with van der Waals surface area (Å²) in [4.78, 5) is 12.0. The highest BCUT2D eigenvalue weighted by Gasteiger charge is 2.30. The van der Waals surface area contributed by atoms with Gasteiger partial charge in [-0.15, -0.1) is 0 Å². The van der Waals surface area contributed by atoms with Crippen LogP contribution in [0.15, 0.2) is 66.7 Å². The van der Waals surface area contributed by atoms with Crippen LogP contribution in [-0.4, -0.2) is 36.6 Å². The lowest BCUT2D eigenvalue weighted by Gasteiger charge is -2.36. The van der Waals surface area contributed by atoms with E-state index in [9.17, 15) is 9.90 Å². The molecule has 0 aromatic heterocycles. The molecule has 2 aliphatic rings. The Labute approximate surface area is 264 Å². The van der Waals surface area contributed by atoms with Gasteiger partial charge < -0.3 is 23.6 Å². The van der Waals surface area contributed by atoms with Crippen LogP contribution in [0.3, 0.4) is 0 Å². The minimum atomic E-state index is -0.823. The van der Waals surface area contributed by atoms with Crippen molar-refractivity contribution < 1.29 is 24.1 Å². The number of anilines is 1. The van der Waals surface area contributed by atoms with Crippen molar-refractivity contribution in [2.75, 3.05) is 23.8 Å². The van der Waals surface area contributed by atoms with Crippen molar-refractivity contribution in [3.05, 3.63) is 100 Å². The second-order valence-corrected chi connectivity index (χ2v) is 12.5. The van der Waals surface area contributed by atoms with Crippen LogP contribution < -0.4 is 13.8 Å². The normalized spacial score (nSPS) is 14.6. The van der Waals surface area contributed by atoms with E-state index in [1.807, 2.05) is 18.2 Å². The second kappa shape index (κ2) is 13.0. The molecule has 0 amide bonds. The molecule has 0 unspecified atom stereocenters. The third-order valence-electron chi connectivity index (χ3n) is 8.69. The molecular weight excluding hydrogens is 570 g/mol. The highest BCUT2D eigenvalue weighted by Crippen LogP contribution is 2.50. The van der Waals surface area contributed by atoms with Gasteiger partial charge in [0.25, 0.3) is 0 Å². The van der Waals surface area contributed by atoms with Crippen LogP contribution in [0.1, 0.15) is 46.2 Å². The Balaban J connectivity index is 1.30. The molecule has 0 radical (unpaired) electrons. The van der Waals surface area contributed by atoms with Gasteiger partial charge in [0.05, 0.1) is 31.9 Å². The predicted molar refractivity (Wildman–Crippen MR) is 178 cm³/mol. The van der Waals surface area contributed by atoms with E-state index in [0.717, 1.165) is 82.2 Å². The molecule has 7 heteroatoms. The Kier molecular flexibility index (Phi) is 8.87. The smallest absolute Gasteiger partial charge is 0.307 e. The number of ether oxygens (including phenoxy) is 3. The van der Waals surface area contributed by atoms with Crippen molar-refractivity contribution in [2.24, 2.45) is 0 Å². The highest BCUT2D eigenvalue weighted by molar-refractivity contribution is 7.99. The summed E-state index contributed by atoms with van der Waals surface area (Å²) in [5.41, 5.74) is 11.9. The van der Waals surface area contributed by atoms with Gasteiger partial charge in [0.15, 0.2) is 0 Å². The standard InChI is InChI=1S/C37H39NO5S/c1-23-5-9-27(10-6-23)35-25(3)36-32-14-13-31(19-28(32)21-38(44-4)37(36)24(2)33(35)20-34(39)40)42-22-26-7-11-29(12-8-26)43-30-15-17-41-18-16-30/h5-14,19,30H,15-18,20-22H2,1-4H3,(H,39,40). The number of carbonyl (C=O) groups is 1. The monoisotopic (exact) mass is 609 g/mol. The molecule has 2 heterocycles. The first-order valence-corrected chi connectivity index (χ1v) is 16.4. The first kappa shape index (κ1) is 30.1. The summed E-state index contributed by atoms with van der Waals surface area (Å²) in [6.45, 7) is 8.96. The summed E-state index contributed by atoms with van der Waals surface area (Å²) in [5.74, 6) is 0.884. The van der Waals surface area contributed by atoms with Crippen molar-refractivity contribution in [1.29, 1.82) is 0 Å². The van der Waals surface area contributed by atoms with Gasteiger partial charge in [0.2, 0.25) is 0 Å². The average molecular weight is 610 g/mol. The maximum absolute atomic E-state index is 12.0. The first-order valence-electron chi connectivity index (χ1n) is 15.2. The molecule has 6 nitrogen and oxygen atoms in total. The number of aryl methyl sites for hydroxylation is 1. The Bertz CT molecular complexity index is 1660. The van der Waals surface area contributed by atoms with Crippen LogP contribution in [0.4, 0.5) is 5.69 Å². The third-order valence-corrected chi connectivity index (χ3v) is 9.45. The molecule has 0 aliphatic carbocycles. The Morgan fingerprint density at radius 3 is 2.32 bits per heavy atom. The Hall–Kier alpha value is -3.94. The molecule has 1 saturated heterocycles. The molecule has 4 aromatic rings. The maximum Gasteiger partial charge on any atom is 0.307 e. The van der Waals surface area contributed by atoms with Crippen molar-refractivity contribution >= 4 is 23.6 Å². The van der Waals surface area contributed by atoms with Crippen molar-refractivity contribution in [2.45, 2.75) is 59.3 Å². The number of aliphatic carboxylic acids is 1. The first-order chi connectivity index (χ1) is 21.3. The molecule has 0 spiro atoms. The molecule has 44 heavy (non-hydrogen) atoms. The van der Waals surface area contributed by atoms with E-state index in [0.29, 0.717) is 13.2 Å². The fraction of sp³-hybridized carbons (Fsp3) is 0.324. The number of hydrogen-bond acceptors (Lipinski definition) is 6. The third kappa shape index (κ3) is 6.17. The lowest BCUT2D eigenvalue weighted by Crippen LogP contribution is -2.25. The van der Waals surface area contributed by atoms with Crippen LogP contribution >= 0.6 is 11.9 Å². The van der Waals surface area contributed by atoms with E-state index >= 15 is 0 Å². The van der Waals surface area contributed by atoms with Gasteiger partial charge in [0, 0.05) is 24.7 Å². The van der Waals surface area contributed by atoms with Gasteiger partial charge >= 0.3 is 5.97 Å². The molecular formula is C37H39NO5S. The molecule has 1 fully saturated rings. The number of hydrogen-bond donors (Lipinski definition) is 1. The number of benzene rings is 4. The second-order valence-electron chi connectivity index (χ2n) is 11.7. The molecule has 0 atom stereocenters. The number of carboxylic acids is 1. The summed E-state index contributed by atoms with van der Waals surface area (Å²) in [6.07, 6.45) is 4.13. The van der Waals surface area contributed by atoms with Crippen LogP contribution in [0.25, 0.3) is 22.3 Å². The zero-order valence-corrected chi connectivity index (χ0v) is 26.6. The van der Waals surface area contributed by atoms with Crippen molar-refractivity contribution in [3.63, 3.8) is 0 Å². The van der Waals surface area contributed by atoms with Crippen LogP contribution in [0, 0.1) is 20.8 Å².